The molecule has 1 amide bonds. The molecular formula is C17H23N3O4S. The maximum Gasteiger partial charge on any atom is 0.270 e. The average Bonchev–Trinajstić information content (AvgIpc) is 3.28. The number of furan rings is 1. The highest BCUT2D eigenvalue weighted by molar-refractivity contribution is 7.89. The quantitative estimate of drug-likeness (QED) is 0.812. The van der Waals surface area contributed by atoms with Gasteiger partial charge in [-0.15, -0.1) is 0 Å². The summed E-state index contributed by atoms with van der Waals surface area (Å²) < 4.78 is 33.9. The van der Waals surface area contributed by atoms with E-state index in [-0.39, 0.29) is 10.8 Å². The van der Waals surface area contributed by atoms with Crippen molar-refractivity contribution in [2.75, 3.05) is 20.1 Å². The zero-order valence-corrected chi connectivity index (χ0v) is 15.5. The molecule has 3 heterocycles. The van der Waals surface area contributed by atoms with Crippen LogP contribution in [0.3, 0.4) is 0 Å². The molecule has 0 saturated carbocycles. The van der Waals surface area contributed by atoms with E-state index in [9.17, 15) is 13.2 Å². The molecule has 1 aliphatic rings. The van der Waals surface area contributed by atoms with Crippen LogP contribution in [0.4, 0.5) is 0 Å². The van der Waals surface area contributed by atoms with Gasteiger partial charge in [-0.05, 0) is 38.0 Å². The number of aromatic nitrogens is 1. The van der Waals surface area contributed by atoms with Crippen molar-refractivity contribution in [3.8, 4) is 0 Å². The second-order valence-corrected chi connectivity index (χ2v) is 8.39. The van der Waals surface area contributed by atoms with Crippen molar-refractivity contribution < 1.29 is 17.6 Å². The van der Waals surface area contributed by atoms with E-state index < -0.39 is 10.0 Å². The van der Waals surface area contributed by atoms with E-state index >= 15 is 0 Å². The van der Waals surface area contributed by atoms with Gasteiger partial charge in [0.25, 0.3) is 5.91 Å². The number of hydrogen-bond acceptors (Lipinski definition) is 4. The Bertz CT molecular complexity index is 876. The van der Waals surface area contributed by atoms with Gasteiger partial charge in [0.2, 0.25) is 10.0 Å². The normalized spacial score (nSPS) is 15.6. The zero-order chi connectivity index (χ0) is 18.2. The Morgan fingerprint density at radius 3 is 2.56 bits per heavy atom. The van der Waals surface area contributed by atoms with E-state index in [1.807, 2.05) is 19.1 Å². The maximum atomic E-state index is 12.7. The Hall–Kier alpha value is -2.06. The molecule has 8 heteroatoms. The lowest BCUT2D eigenvalue weighted by atomic mass is 10.3. The fraction of sp³-hybridized carbons (Fsp3) is 0.471. The Balaban J connectivity index is 1.80. The predicted molar refractivity (Wildman–Crippen MR) is 92.6 cm³/mol. The summed E-state index contributed by atoms with van der Waals surface area (Å²) in [7, 11) is -0.182. The van der Waals surface area contributed by atoms with E-state index in [2.05, 4.69) is 0 Å². The van der Waals surface area contributed by atoms with Gasteiger partial charge in [0.05, 0.1) is 6.54 Å². The smallest absolute Gasteiger partial charge is 0.270 e. The average molecular weight is 365 g/mol. The van der Waals surface area contributed by atoms with Crippen LogP contribution in [0.5, 0.6) is 0 Å². The van der Waals surface area contributed by atoms with Gasteiger partial charge in [-0.2, -0.15) is 4.31 Å². The lowest BCUT2D eigenvalue weighted by Gasteiger charge is -2.16. The van der Waals surface area contributed by atoms with Crippen LogP contribution >= 0.6 is 0 Å². The summed E-state index contributed by atoms with van der Waals surface area (Å²) >= 11 is 0. The van der Waals surface area contributed by atoms with Crippen LogP contribution in [0.2, 0.25) is 0 Å². The minimum Gasteiger partial charge on any atom is -0.464 e. The molecule has 0 atom stereocenters. The van der Waals surface area contributed by atoms with E-state index in [4.69, 9.17) is 4.42 Å². The molecule has 0 aromatic carbocycles. The Morgan fingerprint density at radius 2 is 1.96 bits per heavy atom. The molecule has 7 nitrogen and oxygen atoms in total. The van der Waals surface area contributed by atoms with Gasteiger partial charge in [-0.1, -0.05) is 0 Å². The molecule has 1 fully saturated rings. The van der Waals surface area contributed by atoms with Crippen LogP contribution in [-0.2, 0) is 23.6 Å². The van der Waals surface area contributed by atoms with Crippen LogP contribution in [-0.4, -0.2) is 48.2 Å². The third-order valence-electron chi connectivity index (χ3n) is 4.44. The molecule has 3 rings (SSSR count). The number of hydrogen-bond donors (Lipinski definition) is 0. The van der Waals surface area contributed by atoms with Crippen molar-refractivity contribution in [3.05, 3.63) is 41.6 Å². The summed E-state index contributed by atoms with van der Waals surface area (Å²) in [5.74, 6) is 1.22. The highest BCUT2D eigenvalue weighted by Gasteiger charge is 2.30. The van der Waals surface area contributed by atoms with E-state index in [0.29, 0.717) is 31.1 Å². The number of sulfonamides is 1. The van der Waals surface area contributed by atoms with E-state index in [0.717, 1.165) is 18.6 Å². The molecule has 0 unspecified atom stereocenters. The minimum atomic E-state index is -3.53. The molecule has 0 radical (unpaired) electrons. The largest absolute Gasteiger partial charge is 0.464 e. The molecule has 0 N–H and O–H groups in total. The molecule has 2 aromatic heterocycles. The summed E-state index contributed by atoms with van der Waals surface area (Å²) in [5.41, 5.74) is 0.337. The van der Waals surface area contributed by atoms with Gasteiger partial charge < -0.3 is 13.9 Å². The summed E-state index contributed by atoms with van der Waals surface area (Å²) in [4.78, 5) is 14.4. The molecule has 1 saturated heterocycles. The summed E-state index contributed by atoms with van der Waals surface area (Å²) in [5, 5.41) is 0. The second-order valence-electron chi connectivity index (χ2n) is 6.46. The molecule has 2 aromatic rings. The van der Waals surface area contributed by atoms with Crippen molar-refractivity contribution in [3.63, 3.8) is 0 Å². The molecule has 0 bridgehead atoms. The second kappa shape index (κ2) is 6.68. The Morgan fingerprint density at radius 1 is 1.28 bits per heavy atom. The van der Waals surface area contributed by atoms with Gasteiger partial charge >= 0.3 is 0 Å². The monoisotopic (exact) mass is 365 g/mol. The third-order valence-corrected chi connectivity index (χ3v) is 6.30. The van der Waals surface area contributed by atoms with Crippen molar-refractivity contribution in [2.45, 2.75) is 31.2 Å². The van der Waals surface area contributed by atoms with Crippen molar-refractivity contribution >= 4 is 15.9 Å². The molecule has 25 heavy (non-hydrogen) atoms. The zero-order valence-electron chi connectivity index (χ0n) is 14.7. The number of nitrogens with zero attached hydrogens (tertiary/aromatic N) is 3. The van der Waals surface area contributed by atoms with Gasteiger partial charge in [0.15, 0.2) is 0 Å². The molecular weight excluding hydrogens is 342 g/mol. The summed E-state index contributed by atoms with van der Waals surface area (Å²) in [6.45, 7) is 3.25. The van der Waals surface area contributed by atoms with Crippen LogP contribution in [0, 0.1) is 6.92 Å². The predicted octanol–water partition coefficient (Wildman–Crippen LogP) is 1.98. The highest BCUT2D eigenvalue weighted by Crippen LogP contribution is 2.23. The SMILES string of the molecule is Cc1ccc(CN(C)C(=O)c2cc(S(=O)(=O)N3CCCC3)cn2C)o1. The van der Waals surface area contributed by atoms with Gasteiger partial charge in [0, 0.05) is 33.4 Å². The minimum absolute atomic E-state index is 0.169. The number of rotatable bonds is 5. The number of amides is 1. The molecule has 136 valence electrons. The first-order valence-corrected chi connectivity index (χ1v) is 9.70. The van der Waals surface area contributed by atoms with Gasteiger partial charge in [0.1, 0.15) is 22.1 Å². The Labute approximate surface area is 147 Å². The van der Waals surface area contributed by atoms with E-state index in [1.165, 1.54) is 21.5 Å². The lowest BCUT2D eigenvalue weighted by molar-refractivity contribution is 0.0765. The van der Waals surface area contributed by atoms with Crippen LogP contribution in [0.15, 0.2) is 33.7 Å². The molecule has 1 aliphatic heterocycles. The first-order valence-electron chi connectivity index (χ1n) is 8.26. The fourth-order valence-electron chi connectivity index (χ4n) is 3.04. The van der Waals surface area contributed by atoms with Crippen LogP contribution in [0.25, 0.3) is 0 Å². The van der Waals surface area contributed by atoms with Crippen molar-refractivity contribution in [2.24, 2.45) is 7.05 Å². The van der Waals surface area contributed by atoms with Gasteiger partial charge in [-0.25, -0.2) is 8.42 Å². The van der Waals surface area contributed by atoms with E-state index in [1.54, 1.807) is 18.7 Å². The number of carbonyl (C=O) groups is 1. The highest BCUT2D eigenvalue weighted by atomic mass is 32.2. The fourth-order valence-corrected chi connectivity index (χ4v) is 4.63. The first-order chi connectivity index (χ1) is 11.8. The van der Waals surface area contributed by atoms with Gasteiger partial charge in [-0.3, -0.25) is 4.79 Å². The number of aryl methyl sites for hydroxylation is 2. The molecule has 0 aliphatic carbocycles. The summed E-state index contributed by atoms with van der Waals surface area (Å²) in [6, 6.07) is 5.13. The maximum absolute atomic E-state index is 12.7. The van der Waals surface area contributed by atoms with Crippen molar-refractivity contribution in [1.82, 2.24) is 13.8 Å². The third kappa shape index (κ3) is 3.50. The first kappa shape index (κ1) is 17.8. The standard InChI is InChI=1S/C17H23N3O4S/c1-13-6-7-14(24-13)11-19(3)17(21)16-10-15(12-18(16)2)25(22,23)20-8-4-5-9-20/h6-7,10,12H,4-5,8-9,11H2,1-3H3. The lowest BCUT2D eigenvalue weighted by Crippen LogP contribution is -2.28. The van der Waals surface area contributed by atoms with Crippen LogP contribution < -0.4 is 0 Å². The van der Waals surface area contributed by atoms with Crippen molar-refractivity contribution in [1.29, 1.82) is 0 Å². The molecule has 0 spiro atoms. The topological polar surface area (TPSA) is 75.8 Å². The Kier molecular flexibility index (Phi) is 4.75. The van der Waals surface area contributed by atoms with Crippen LogP contribution in [0.1, 0.15) is 34.9 Å². The summed E-state index contributed by atoms with van der Waals surface area (Å²) in [6.07, 6.45) is 3.26. The number of carbonyl (C=O) groups excluding carboxylic acids is 1.